The number of alkyl halides is 1. The summed E-state index contributed by atoms with van der Waals surface area (Å²) in [5.74, 6) is 1.57. The summed E-state index contributed by atoms with van der Waals surface area (Å²) in [4.78, 5) is 18.3. The molecule has 96 valence electrons. The van der Waals surface area contributed by atoms with Gasteiger partial charge in [0.1, 0.15) is 11.6 Å². The van der Waals surface area contributed by atoms with Crippen LogP contribution in [-0.2, 0) is 0 Å². The van der Waals surface area contributed by atoms with Crippen molar-refractivity contribution in [2.24, 2.45) is 0 Å². The van der Waals surface area contributed by atoms with Gasteiger partial charge in [-0.3, -0.25) is 0 Å². The molecule has 1 aliphatic carbocycles. The standard InChI is InChI=1S/C11H14BrN5O/c1-7-13-9(16(5-4-12)8-2-3-8)6-10-14-15-11(18)17(7)10/h6,8H,2-5H2,1H3,(H,15,18). The fourth-order valence-electron chi connectivity index (χ4n) is 2.19. The Morgan fingerprint density at radius 3 is 3.06 bits per heavy atom. The Morgan fingerprint density at radius 2 is 2.39 bits per heavy atom. The van der Waals surface area contributed by atoms with Gasteiger partial charge in [-0.25, -0.2) is 19.3 Å². The van der Waals surface area contributed by atoms with Gasteiger partial charge in [0.2, 0.25) is 0 Å². The van der Waals surface area contributed by atoms with Gasteiger partial charge in [0.05, 0.1) is 0 Å². The van der Waals surface area contributed by atoms with Gasteiger partial charge in [0.25, 0.3) is 0 Å². The fraction of sp³-hybridized carbons (Fsp3) is 0.545. The van der Waals surface area contributed by atoms with Gasteiger partial charge >= 0.3 is 5.69 Å². The van der Waals surface area contributed by atoms with Gasteiger partial charge in [-0.05, 0) is 19.8 Å². The molecule has 2 heterocycles. The van der Waals surface area contributed by atoms with E-state index in [0.717, 1.165) is 17.7 Å². The Labute approximate surface area is 112 Å². The second-order valence-electron chi connectivity index (χ2n) is 4.50. The molecular formula is C11H14BrN5O. The van der Waals surface area contributed by atoms with Crippen molar-refractivity contribution >= 4 is 27.4 Å². The number of hydrogen-bond acceptors (Lipinski definition) is 4. The molecule has 0 atom stereocenters. The van der Waals surface area contributed by atoms with Crippen molar-refractivity contribution in [1.82, 2.24) is 19.6 Å². The number of aromatic nitrogens is 4. The van der Waals surface area contributed by atoms with Crippen LogP contribution in [-0.4, -0.2) is 37.5 Å². The van der Waals surface area contributed by atoms with E-state index in [1.807, 2.05) is 13.0 Å². The predicted octanol–water partition coefficient (Wildman–Crippen LogP) is 1.09. The summed E-state index contributed by atoms with van der Waals surface area (Å²) in [6, 6.07) is 2.45. The topological polar surface area (TPSA) is 66.3 Å². The van der Waals surface area contributed by atoms with E-state index in [4.69, 9.17) is 0 Å². The lowest BCUT2D eigenvalue weighted by molar-refractivity contribution is 0.801. The molecule has 1 N–H and O–H groups in total. The number of anilines is 1. The maximum atomic E-state index is 11.5. The van der Waals surface area contributed by atoms with Gasteiger partial charge < -0.3 is 4.90 Å². The van der Waals surface area contributed by atoms with Crippen molar-refractivity contribution in [2.45, 2.75) is 25.8 Å². The zero-order valence-electron chi connectivity index (χ0n) is 10.1. The number of aromatic amines is 1. The van der Waals surface area contributed by atoms with Gasteiger partial charge in [-0.15, -0.1) is 0 Å². The van der Waals surface area contributed by atoms with Crippen LogP contribution in [0.2, 0.25) is 0 Å². The normalized spacial score (nSPS) is 15.2. The van der Waals surface area contributed by atoms with Crippen LogP contribution in [0.4, 0.5) is 5.82 Å². The van der Waals surface area contributed by atoms with E-state index in [-0.39, 0.29) is 5.69 Å². The van der Waals surface area contributed by atoms with Gasteiger partial charge in [0.15, 0.2) is 5.65 Å². The first-order chi connectivity index (χ1) is 8.70. The van der Waals surface area contributed by atoms with Crippen molar-refractivity contribution in [3.63, 3.8) is 0 Å². The quantitative estimate of drug-likeness (QED) is 0.858. The highest BCUT2D eigenvalue weighted by Gasteiger charge is 2.30. The molecule has 0 amide bonds. The van der Waals surface area contributed by atoms with Crippen molar-refractivity contribution in [3.05, 3.63) is 22.4 Å². The molecule has 0 aliphatic heterocycles. The summed E-state index contributed by atoms with van der Waals surface area (Å²) in [5, 5.41) is 7.36. The van der Waals surface area contributed by atoms with Crippen LogP contribution in [0.5, 0.6) is 0 Å². The molecule has 7 heteroatoms. The van der Waals surface area contributed by atoms with Crippen LogP contribution in [0, 0.1) is 6.92 Å². The fourth-order valence-corrected chi connectivity index (χ4v) is 2.57. The minimum Gasteiger partial charge on any atom is -0.353 e. The molecule has 1 aliphatic rings. The van der Waals surface area contributed by atoms with Crippen LogP contribution in [0.25, 0.3) is 5.65 Å². The Kier molecular flexibility index (Phi) is 2.85. The molecular weight excluding hydrogens is 298 g/mol. The molecule has 0 radical (unpaired) electrons. The first kappa shape index (κ1) is 11.7. The Bertz CT molecular complexity index is 630. The summed E-state index contributed by atoms with van der Waals surface area (Å²) >= 11 is 3.47. The highest BCUT2D eigenvalue weighted by atomic mass is 79.9. The van der Waals surface area contributed by atoms with Gasteiger partial charge in [0, 0.05) is 24.0 Å². The summed E-state index contributed by atoms with van der Waals surface area (Å²) in [6.45, 7) is 2.74. The average Bonchev–Trinajstić information content (AvgIpc) is 3.10. The third kappa shape index (κ3) is 1.92. The smallest absolute Gasteiger partial charge is 0.349 e. The van der Waals surface area contributed by atoms with Crippen LogP contribution in [0.1, 0.15) is 18.7 Å². The van der Waals surface area contributed by atoms with E-state index in [2.05, 4.69) is 36.0 Å². The van der Waals surface area contributed by atoms with E-state index >= 15 is 0 Å². The lowest BCUT2D eigenvalue weighted by Crippen LogP contribution is -2.29. The third-order valence-electron chi connectivity index (χ3n) is 3.16. The van der Waals surface area contributed by atoms with Crippen LogP contribution >= 0.6 is 15.9 Å². The number of nitrogens with zero attached hydrogens (tertiary/aromatic N) is 4. The second kappa shape index (κ2) is 4.38. The minimum absolute atomic E-state index is 0.236. The number of aryl methyl sites for hydroxylation is 1. The number of halogens is 1. The number of rotatable bonds is 4. The molecule has 1 fully saturated rings. The van der Waals surface area contributed by atoms with Crippen LogP contribution in [0.3, 0.4) is 0 Å². The molecule has 0 aromatic carbocycles. The molecule has 0 saturated heterocycles. The molecule has 2 aromatic heterocycles. The van der Waals surface area contributed by atoms with Gasteiger partial charge in [-0.2, -0.15) is 5.10 Å². The zero-order valence-corrected chi connectivity index (χ0v) is 11.6. The third-order valence-corrected chi connectivity index (χ3v) is 3.52. The molecule has 6 nitrogen and oxygen atoms in total. The van der Waals surface area contributed by atoms with E-state index in [9.17, 15) is 4.79 Å². The highest BCUT2D eigenvalue weighted by Crippen LogP contribution is 2.30. The Hall–Kier alpha value is -1.37. The van der Waals surface area contributed by atoms with Crippen LogP contribution in [0.15, 0.2) is 10.9 Å². The molecule has 0 unspecified atom stereocenters. The predicted molar refractivity (Wildman–Crippen MR) is 72.5 cm³/mol. The first-order valence-corrected chi connectivity index (χ1v) is 7.10. The molecule has 0 spiro atoms. The minimum atomic E-state index is -0.236. The van der Waals surface area contributed by atoms with Crippen molar-refractivity contribution in [2.75, 3.05) is 16.8 Å². The number of fused-ring (bicyclic) bond motifs is 1. The highest BCUT2D eigenvalue weighted by molar-refractivity contribution is 9.09. The molecule has 18 heavy (non-hydrogen) atoms. The summed E-state index contributed by atoms with van der Waals surface area (Å²) in [6.07, 6.45) is 2.43. The van der Waals surface area contributed by atoms with E-state index in [1.54, 1.807) is 0 Å². The maximum absolute atomic E-state index is 11.5. The summed E-state index contributed by atoms with van der Waals surface area (Å²) in [7, 11) is 0. The Balaban J connectivity index is 2.08. The summed E-state index contributed by atoms with van der Waals surface area (Å²) < 4.78 is 1.49. The number of H-pyrrole nitrogens is 1. The first-order valence-electron chi connectivity index (χ1n) is 5.98. The molecule has 0 bridgehead atoms. The summed E-state index contributed by atoms with van der Waals surface area (Å²) in [5.41, 5.74) is 0.391. The lowest BCUT2D eigenvalue weighted by Gasteiger charge is -2.22. The van der Waals surface area contributed by atoms with Crippen LogP contribution < -0.4 is 10.6 Å². The Morgan fingerprint density at radius 1 is 1.61 bits per heavy atom. The lowest BCUT2D eigenvalue weighted by atomic mass is 10.4. The molecule has 3 rings (SSSR count). The van der Waals surface area contributed by atoms with E-state index in [1.165, 1.54) is 17.2 Å². The van der Waals surface area contributed by atoms with E-state index < -0.39 is 0 Å². The molecule has 1 saturated carbocycles. The largest absolute Gasteiger partial charge is 0.353 e. The maximum Gasteiger partial charge on any atom is 0.349 e. The average molecular weight is 312 g/mol. The monoisotopic (exact) mass is 311 g/mol. The SMILES string of the molecule is Cc1nc(N(CCBr)C2CC2)cc2n[nH]c(=O)n12. The number of nitrogens with one attached hydrogen (secondary N) is 1. The molecule has 2 aromatic rings. The number of hydrogen-bond donors (Lipinski definition) is 1. The zero-order chi connectivity index (χ0) is 12.7. The van der Waals surface area contributed by atoms with E-state index in [0.29, 0.717) is 17.5 Å². The van der Waals surface area contributed by atoms with Gasteiger partial charge in [-0.1, -0.05) is 15.9 Å². The van der Waals surface area contributed by atoms with Crippen molar-refractivity contribution in [3.8, 4) is 0 Å². The van der Waals surface area contributed by atoms with Crippen molar-refractivity contribution < 1.29 is 0 Å². The second-order valence-corrected chi connectivity index (χ2v) is 5.29. The van der Waals surface area contributed by atoms with Crippen molar-refractivity contribution in [1.29, 1.82) is 0 Å².